The maximum atomic E-state index is 15.0. The van der Waals surface area contributed by atoms with Crippen molar-refractivity contribution in [2.24, 2.45) is 0 Å². The van der Waals surface area contributed by atoms with Crippen LogP contribution in [0, 0.1) is 13.8 Å². The van der Waals surface area contributed by atoms with Crippen LogP contribution in [0.25, 0.3) is 0 Å². The van der Waals surface area contributed by atoms with E-state index in [1.807, 2.05) is 32.0 Å². The number of imidazole rings is 1. The molecule has 25 heavy (non-hydrogen) atoms. The molecule has 3 heterocycles. The lowest BCUT2D eigenvalue weighted by molar-refractivity contribution is 0.0426. The third kappa shape index (κ3) is 4.42. The number of likely N-dealkylation sites (tertiary alicyclic amines) is 1. The molecule has 1 fully saturated rings. The third-order valence-corrected chi connectivity index (χ3v) is 4.55. The zero-order valence-electron chi connectivity index (χ0n) is 14.7. The van der Waals surface area contributed by atoms with Gasteiger partial charge in [-0.2, -0.15) is 0 Å². The van der Waals surface area contributed by atoms with Gasteiger partial charge < -0.3 is 15.2 Å². The van der Waals surface area contributed by atoms with E-state index in [1.165, 1.54) is 0 Å². The Kier molecular flexibility index (Phi) is 5.13. The minimum absolute atomic E-state index is 0.160. The zero-order valence-corrected chi connectivity index (χ0v) is 14.7. The quantitative estimate of drug-likeness (QED) is 0.871. The van der Waals surface area contributed by atoms with Gasteiger partial charge >= 0.3 is 0 Å². The van der Waals surface area contributed by atoms with E-state index in [0.29, 0.717) is 38.3 Å². The van der Waals surface area contributed by atoms with Crippen LogP contribution in [0.4, 0.5) is 4.39 Å². The molecule has 1 aliphatic heterocycles. The number of H-pyrrole nitrogens is 1. The number of aromatic nitrogens is 3. The minimum Gasteiger partial charge on any atom is -0.338 e. The van der Waals surface area contributed by atoms with Crippen LogP contribution in [0.15, 0.2) is 24.4 Å². The minimum atomic E-state index is -1.29. The number of nitrogens with zero attached hydrogens (tertiary/aromatic N) is 3. The summed E-state index contributed by atoms with van der Waals surface area (Å²) in [5.74, 6) is 0.166. The number of amides is 1. The van der Waals surface area contributed by atoms with Gasteiger partial charge in [0.15, 0.2) is 5.82 Å². The molecule has 134 valence electrons. The van der Waals surface area contributed by atoms with Crippen molar-refractivity contribution in [3.05, 3.63) is 47.3 Å². The molecule has 0 radical (unpaired) electrons. The number of piperidine rings is 1. The number of aromatic amines is 1. The van der Waals surface area contributed by atoms with Gasteiger partial charge in [0.25, 0.3) is 5.91 Å². The molecule has 1 amide bonds. The lowest BCUT2D eigenvalue weighted by Gasteiger charge is -2.36. The Morgan fingerprint density at radius 2 is 2.12 bits per heavy atom. The number of hydrogen-bond donors (Lipinski definition) is 2. The van der Waals surface area contributed by atoms with Crippen LogP contribution >= 0.6 is 0 Å². The van der Waals surface area contributed by atoms with Gasteiger partial charge in [-0.25, -0.2) is 9.37 Å². The second-order valence-corrected chi connectivity index (χ2v) is 6.73. The van der Waals surface area contributed by atoms with Crippen molar-refractivity contribution >= 4 is 5.91 Å². The van der Waals surface area contributed by atoms with Crippen LogP contribution in [-0.2, 0) is 6.54 Å². The van der Waals surface area contributed by atoms with E-state index in [2.05, 4.69) is 20.3 Å². The average Bonchev–Trinajstić information content (AvgIpc) is 3.01. The number of carbonyl (C=O) groups is 1. The van der Waals surface area contributed by atoms with E-state index in [0.717, 1.165) is 17.1 Å². The first-order valence-electron chi connectivity index (χ1n) is 8.58. The highest BCUT2D eigenvalue weighted by Gasteiger charge is 2.36. The van der Waals surface area contributed by atoms with E-state index >= 15 is 0 Å². The van der Waals surface area contributed by atoms with Crippen molar-refractivity contribution in [2.45, 2.75) is 38.9 Å². The summed E-state index contributed by atoms with van der Waals surface area (Å²) in [6.45, 7) is 5.40. The van der Waals surface area contributed by atoms with Gasteiger partial charge in [0, 0.05) is 56.6 Å². The van der Waals surface area contributed by atoms with Crippen LogP contribution in [0.3, 0.4) is 0 Å². The van der Waals surface area contributed by atoms with Gasteiger partial charge in [-0.3, -0.25) is 9.78 Å². The van der Waals surface area contributed by atoms with Crippen LogP contribution < -0.4 is 5.32 Å². The normalized spacial score (nSPS) is 16.8. The van der Waals surface area contributed by atoms with Crippen molar-refractivity contribution < 1.29 is 9.18 Å². The largest absolute Gasteiger partial charge is 0.338 e. The molecule has 0 unspecified atom stereocenters. The van der Waals surface area contributed by atoms with Gasteiger partial charge in [0.2, 0.25) is 0 Å². The van der Waals surface area contributed by atoms with Gasteiger partial charge in [0.1, 0.15) is 5.67 Å². The van der Waals surface area contributed by atoms with E-state index < -0.39 is 5.67 Å². The molecule has 1 saturated heterocycles. The van der Waals surface area contributed by atoms with E-state index in [9.17, 15) is 9.18 Å². The monoisotopic (exact) mass is 345 g/mol. The summed E-state index contributed by atoms with van der Waals surface area (Å²) in [7, 11) is 0. The first-order valence-corrected chi connectivity index (χ1v) is 8.58. The molecule has 0 atom stereocenters. The number of nitrogens with one attached hydrogen (secondary N) is 2. The van der Waals surface area contributed by atoms with Crippen molar-refractivity contribution in [3.63, 3.8) is 0 Å². The first kappa shape index (κ1) is 17.5. The summed E-state index contributed by atoms with van der Waals surface area (Å²) in [6, 6.07) is 5.82. The van der Waals surface area contributed by atoms with E-state index in [1.54, 1.807) is 11.1 Å². The number of alkyl halides is 1. The molecule has 2 N–H and O–H groups in total. The molecule has 2 aromatic rings. The lowest BCUT2D eigenvalue weighted by Crippen LogP contribution is -2.49. The van der Waals surface area contributed by atoms with Crippen LogP contribution in [-0.4, -0.2) is 51.1 Å². The van der Waals surface area contributed by atoms with Gasteiger partial charge in [-0.05, 0) is 26.0 Å². The SMILES string of the molecule is Cc1cccc(CNCC2(F)CCN(C(=O)c3ncc(C)[nH]3)CC2)n1. The summed E-state index contributed by atoms with van der Waals surface area (Å²) >= 11 is 0. The van der Waals surface area contributed by atoms with Crippen LogP contribution in [0.5, 0.6) is 0 Å². The number of aryl methyl sites for hydroxylation is 2. The van der Waals surface area contributed by atoms with Gasteiger partial charge in [-0.1, -0.05) is 6.07 Å². The Bertz CT molecular complexity index is 737. The highest BCUT2D eigenvalue weighted by atomic mass is 19.1. The molecule has 0 aromatic carbocycles. The summed E-state index contributed by atoms with van der Waals surface area (Å²) in [4.78, 5) is 25.4. The fourth-order valence-corrected chi connectivity index (χ4v) is 3.07. The first-order chi connectivity index (χ1) is 12.0. The van der Waals surface area contributed by atoms with Crippen molar-refractivity contribution in [1.82, 2.24) is 25.2 Å². The predicted molar refractivity (Wildman–Crippen MR) is 93.0 cm³/mol. The smallest absolute Gasteiger partial charge is 0.289 e. The molecule has 1 aliphatic rings. The molecule has 7 heteroatoms. The second-order valence-electron chi connectivity index (χ2n) is 6.73. The van der Waals surface area contributed by atoms with E-state index in [4.69, 9.17) is 0 Å². The Morgan fingerprint density at radius 1 is 1.36 bits per heavy atom. The topological polar surface area (TPSA) is 73.9 Å². The van der Waals surface area contributed by atoms with Crippen molar-refractivity contribution in [3.8, 4) is 0 Å². The molecule has 3 rings (SSSR count). The average molecular weight is 345 g/mol. The van der Waals surface area contributed by atoms with Crippen molar-refractivity contribution in [1.29, 1.82) is 0 Å². The van der Waals surface area contributed by atoms with E-state index in [-0.39, 0.29) is 12.5 Å². The maximum absolute atomic E-state index is 15.0. The highest BCUT2D eigenvalue weighted by Crippen LogP contribution is 2.26. The Morgan fingerprint density at radius 3 is 2.76 bits per heavy atom. The molecular formula is C18H24FN5O. The molecular weight excluding hydrogens is 321 g/mol. The number of carbonyl (C=O) groups excluding carboxylic acids is 1. The van der Waals surface area contributed by atoms with Crippen LogP contribution in [0.1, 0.15) is 40.5 Å². The zero-order chi connectivity index (χ0) is 17.9. The van der Waals surface area contributed by atoms with Crippen LogP contribution in [0.2, 0.25) is 0 Å². The number of pyridine rings is 1. The van der Waals surface area contributed by atoms with Gasteiger partial charge in [-0.15, -0.1) is 0 Å². The Hall–Kier alpha value is -2.28. The fourth-order valence-electron chi connectivity index (χ4n) is 3.07. The lowest BCUT2D eigenvalue weighted by atomic mass is 9.93. The predicted octanol–water partition coefficient (Wildman–Crippen LogP) is 2.16. The molecule has 2 aromatic heterocycles. The summed E-state index contributed by atoms with van der Waals surface area (Å²) in [5.41, 5.74) is 1.41. The Labute approximate surface area is 146 Å². The second kappa shape index (κ2) is 7.31. The molecule has 6 nitrogen and oxygen atoms in total. The Balaban J connectivity index is 1.48. The summed E-state index contributed by atoms with van der Waals surface area (Å²) < 4.78 is 15.0. The highest BCUT2D eigenvalue weighted by molar-refractivity contribution is 5.90. The summed E-state index contributed by atoms with van der Waals surface area (Å²) in [5, 5.41) is 3.16. The molecule has 0 aliphatic carbocycles. The number of halogens is 1. The number of rotatable bonds is 5. The summed E-state index contributed by atoms with van der Waals surface area (Å²) in [6.07, 6.45) is 2.28. The number of hydrogen-bond acceptors (Lipinski definition) is 4. The van der Waals surface area contributed by atoms with Crippen molar-refractivity contribution in [2.75, 3.05) is 19.6 Å². The molecule has 0 spiro atoms. The third-order valence-electron chi connectivity index (χ3n) is 4.55. The molecule has 0 saturated carbocycles. The molecule has 0 bridgehead atoms. The van der Waals surface area contributed by atoms with Gasteiger partial charge in [0.05, 0.1) is 5.69 Å². The standard InChI is InChI=1S/C18H24FN5O/c1-13-4-3-5-15(22-13)11-20-12-18(19)6-8-24(9-7-18)17(25)16-21-10-14(2)23-16/h3-5,10,20H,6-9,11-12H2,1-2H3,(H,21,23). The fraction of sp³-hybridized carbons (Fsp3) is 0.500. The maximum Gasteiger partial charge on any atom is 0.289 e.